The zero-order valence-electron chi connectivity index (χ0n) is 12.7. The highest BCUT2D eigenvalue weighted by atomic mass is 19.4. The van der Waals surface area contributed by atoms with E-state index in [9.17, 15) is 31.1 Å². The highest BCUT2D eigenvalue weighted by molar-refractivity contribution is 5.90. The van der Waals surface area contributed by atoms with E-state index in [-0.39, 0.29) is 6.07 Å². The van der Waals surface area contributed by atoms with Crippen molar-refractivity contribution in [3.8, 4) is 0 Å². The van der Waals surface area contributed by atoms with Gasteiger partial charge in [-0.05, 0) is 36.6 Å². The summed E-state index contributed by atoms with van der Waals surface area (Å²) < 4.78 is 81.6. The first-order chi connectivity index (χ1) is 11.6. The van der Waals surface area contributed by atoms with Gasteiger partial charge in [0.2, 0.25) is 0 Å². The number of carbonyl (C=O) groups is 1. The Kier molecular flexibility index (Phi) is 5.61. The number of ether oxygens (including phenoxy) is 1. The van der Waals surface area contributed by atoms with Gasteiger partial charge in [0.15, 0.2) is 0 Å². The molecule has 4 nitrogen and oxygen atoms in total. The van der Waals surface area contributed by atoms with Crippen LogP contribution in [0.3, 0.4) is 0 Å². The van der Waals surface area contributed by atoms with Crippen LogP contribution in [0.5, 0.6) is 0 Å². The van der Waals surface area contributed by atoms with Crippen LogP contribution in [0.25, 0.3) is 0 Å². The van der Waals surface area contributed by atoms with Crippen LogP contribution in [0, 0.1) is 0 Å². The van der Waals surface area contributed by atoms with Gasteiger partial charge in [-0.2, -0.15) is 26.3 Å². The summed E-state index contributed by atoms with van der Waals surface area (Å²) in [5.74, 6) is 0. The van der Waals surface area contributed by atoms with Crippen LogP contribution in [-0.4, -0.2) is 19.2 Å². The summed E-state index contributed by atoms with van der Waals surface area (Å²) in [7, 11) is 0. The number of anilines is 1. The molecule has 0 bridgehead atoms. The van der Waals surface area contributed by atoms with Gasteiger partial charge in [-0.1, -0.05) is 0 Å². The number of amides is 2. The maximum atomic E-state index is 12.7. The summed E-state index contributed by atoms with van der Waals surface area (Å²) in [5.41, 5.74) is -2.74. The zero-order chi connectivity index (χ0) is 18.7. The van der Waals surface area contributed by atoms with Gasteiger partial charge in [-0.25, -0.2) is 4.79 Å². The van der Waals surface area contributed by atoms with Gasteiger partial charge >= 0.3 is 18.4 Å². The number of urea groups is 1. The van der Waals surface area contributed by atoms with Crippen LogP contribution >= 0.6 is 0 Å². The van der Waals surface area contributed by atoms with Crippen molar-refractivity contribution >= 4 is 11.7 Å². The molecule has 10 heteroatoms. The number of nitrogens with one attached hydrogen (secondary N) is 2. The summed E-state index contributed by atoms with van der Waals surface area (Å²) in [6.07, 6.45) is -7.41. The molecular formula is C15H14F6N2O2. The molecule has 1 aromatic carbocycles. The Morgan fingerprint density at radius 1 is 0.960 bits per heavy atom. The second-order valence-electron chi connectivity index (χ2n) is 5.31. The molecule has 1 saturated heterocycles. The largest absolute Gasteiger partial charge is 0.416 e. The number of hydrogen-bond acceptors (Lipinski definition) is 2. The standard InChI is InChI=1S/C15H14F6N2O2/c16-14(17,18)10-5-11(15(19,20)21)7-12(6-10)23-13(24)22-8-9-1-3-25-4-2-9/h5-8H,1-4H2,(H2,22,23,24). The summed E-state index contributed by atoms with van der Waals surface area (Å²) in [4.78, 5) is 11.7. The third-order valence-corrected chi connectivity index (χ3v) is 3.39. The predicted molar refractivity (Wildman–Crippen MR) is 76.7 cm³/mol. The molecule has 1 fully saturated rings. The summed E-state index contributed by atoms with van der Waals surface area (Å²) in [6.45, 7) is 0.968. The molecule has 1 aromatic rings. The lowest BCUT2D eigenvalue weighted by Crippen LogP contribution is -2.25. The summed E-state index contributed by atoms with van der Waals surface area (Å²) in [5, 5.41) is 4.27. The van der Waals surface area contributed by atoms with Gasteiger partial charge in [-0.15, -0.1) is 0 Å². The number of rotatable bonds is 2. The van der Waals surface area contributed by atoms with Gasteiger partial charge in [0.25, 0.3) is 0 Å². The minimum absolute atomic E-state index is 0.00686. The van der Waals surface area contributed by atoms with E-state index in [4.69, 9.17) is 4.74 Å². The molecule has 1 aliphatic rings. The van der Waals surface area contributed by atoms with Gasteiger partial charge in [-0.3, -0.25) is 0 Å². The van der Waals surface area contributed by atoms with Gasteiger partial charge in [0, 0.05) is 11.9 Å². The van der Waals surface area contributed by atoms with Crippen LogP contribution in [0.15, 0.2) is 30.0 Å². The molecule has 0 unspecified atom stereocenters. The molecule has 2 rings (SSSR count). The molecule has 138 valence electrons. The van der Waals surface area contributed by atoms with Crippen molar-refractivity contribution in [2.75, 3.05) is 18.5 Å². The Labute approximate surface area is 138 Å². The lowest BCUT2D eigenvalue weighted by atomic mass is 10.1. The lowest BCUT2D eigenvalue weighted by molar-refractivity contribution is -0.143. The molecule has 2 N–H and O–H groups in total. The van der Waals surface area contributed by atoms with Gasteiger partial charge < -0.3 is 15.4 Å². The fraction of sp³-hybridized carbons (Fsp3) is 0.400. The number of hydrogen-bond donors (Lipinski definition) is 2. The van der Waals surface area contributed by atoms with Crippen LogP contribution < -0.4 is 10.6 Å². The van der Waals surface area contributed by atoms with Crippen molar-refractivity contribution < 1.29 is 35.9 Å². The van der Waals surface area contributed by atoms with Crippen LogP contribution in [0.2, 0.25) is 0 Å². The molecule has 1 aliphatic heterocycles. The minimum Gasteiger partial charge on any atom is -0.381 e. The molecular weight excluding hydrogens is 354 g/mol. The average molecular weight is 368 g/mol. The van der Waals surface area contributed by atoms with E-state index in [1.54, 1.807) is 0 Å². The number of benzene rings is 1. The molecule has 0 aromatic heterocycles. The fourth-order valence-electron chi connectivity index (χ4n) is 2.14. The van der Waals surface area contributed by atoms with E-state index in [0.29, 0.717) is 38.2 Å². The molecule has 0 spiro atoms. The SMILES string of the molecule is O=C(NC=C1CCOCC1)Nc1cc(C(F)(F)F)cc(C(F)(F)F)c1. The van der Waals surface area contributed by atoms with Crippen LogP contribution in [0.1, 0.15) is 24.0 Å². The molecule has 0 radical (unpaired) electrons. The summed E-state index contributed by atoms with van der Waals surface area (Å²) >= 11 is 0. The highest BCUT2D eigenvalue weighted by Gasteiger charge is 2.37. The van der Waals surface area contributed by atoms with Crippen molar-refractivity contribution in [3.63, 3.8) is 0 Å². The highest BCUT2D eigenvalue weighted by Crippen LogP contribution is 2.37. The van der Waals surface area contributed by atoms with Gasteiger partial charge in [0.1, 0.15) is 0 Å². The molecule has 2 amide bonds. The van der Waals surface area contributed by atoms with E-state index in [0.717, 1.165) is 5.57 Å². The normalized spacial score (nSPS) is 15.7. The monoisotopic (exact) mass is 368 g/mol. The van der Waals surface area contributed by atoms with Crippen LogP contribution in [-0.2, 0) is 17.1 Å². The first-order valence-corrected chi connectivity index (χ1v) is 7.18. The van der Waals surface area contributed by atoms with Crippen molar-refractivity contribution in [2.45, 2.75) is 25.2 Å². The van der Waals surface area contributed by atoms with Crippen LogP contribution in [0.4, 0.5) is 36.8 Å². The number of halogens is 6. The Hall–Kier alpha value is -2.23. The van der Waals surface area contributed by atoms with Crippen molar-refractivity contribution in [3.05, 3.63) is 41.1 Å². The number of carbonyl (C=O) groups excluding carboxylic acids is 1. The zero-order valence-corrected chi connectivity index (χ0v) is 12.7. The quantitative estimate of drug-likeness (QED) is 0.753. The van der Waals surface area contributed by atoms with Crippen molar-refractivity contribution in [2.24, 2.45) is 0 Å². The Bertz CT molecular complexity index is 627. The third kappa shape index (κ3) is 5.66. The van der Waals surface area contributed by atoms with E-state index < -0.39 is 35.2 Å². The minimum atomic E-state index is -4.97. The van der Waals surface area contributed by atoms with E-state index in [1.807, 2.05) is 5.32 Å². The first-order valence-electron chi connectivity index (χ1n) is 7.18. The lowest BCUT2D eigenvalue weighted by Gasteiger charge is -2.16. The maximum absolute atomic E-state index is 12.7. The molecule has 0 saturated carbocycles. The maximum Gasteiger partial charge on any atom is 0.416 e. The third-order valence-electron chi connectivity index (χ3n) is 3.39. The second-order valence-corrected chi connectivity index (χ2v) is 5.31. The van der Waals surface area contributed by atoms with Crippen molar-refractivity contribution in [1.82, 2.24) is 5.32 Å². The summed E-state index contributed by atoms with van der Waals surface area (Å²) in [6, 6.07) is -0.0636. The average Bonchev–Trinajstić information content (AvgIpc) is 2.52. The topological polar surface area (TPSA) is 50.4 Å². The number of alkyl halides is 6. The second kappa shape index (κ2) is 7.34. The Morgan fingerprint density at radius 3 is 1.96 bits per heavy atom. The van der Waals surface area contributed by atoms with Crippen molar-refractivity contribution in [1.29, 1.82) is 0 Å². The molecule has 25 heavy (non-hydrogen) atoms. The van der Waals surface area contributed by atoms with Gasteiger partial charge in [0.05, 0.1) is 24.3 Å². The van der Waals surface area contributed by atoms with E-state index in [2.05, 4.69) is 5.32 Å². The Balaban J connectivity index is 2.15. The predicted octanol–water partition coefficient (Wildman–Crippen LogP) is 4.54. The molecule has 1 heterocycles. The Morgan fingerprint density at radius 2 is 1.48 bits per heavy atom. The fourth-order valence-corrected chi connectivity index (χ4v) is 2.14. The smallest absolute Gasteiger partial charge is 0.381 e. The molecule has 0 aliphatic carbocycles. The first kappa shape index (κ1) is 19.1. The molecule has 0 atom stereocenters. The van der Waals surface area contributed by atoms with E-state index >= 15 is 0 Å². The van der Waals surface area contributed by atoms with E-state index in [1.165, 1.54) is 6.20 Å².